The van der Waals surface area contributed by atoms with Gasteiger partial charge in [0.1, 0.15) is 0 Å². The van der Waals surface area contributed by atoms with E-state index in [0.717, 1.165) is 30.9 Å². The predicted molar refractivity (Wildman–Crippen MR) is 77.2 cm³/mol. The quantitative estimate of drug-likeness (QED) is 0.856. The fourth-order valence-electron chi connectivity index (χ4n) is 3.64. The summed E-state index contributed by atoms with van der Waals surface area (Å²) < 4.78 is 1.91. The second kappa shape index (κ2) is 4.53. The standard InChI is InChI=1S/C15H21N5/c1-10-5-15-17-14-9-19(7-11(14)8-20(15)18-10)13-4-2-3-12(16)6-13/h5,8,12-13H,2-4,6-7,9,16H2,1H3. The molecule has 0 spiro atoms. The van der Waals surface area contributed by atoms with Crippen LogP contribution in [0.5, 0.6) is 0 Å². The summed E-state index contributed by atoms with van der Waals surface area (Å²) in [6.45, 7) is 3.97. The second-order valence-electron chi connectivity index (χ2n) is 6.29. The molecule has 0 aromatic carbocycles. The largest absolute Gasteiger partial charge is 0.328 e. The maximum atomic E-state index is 6.12. The molecule has 2 aromatic heterocycles. The van der Waals surface area contributed by atoms with Crippen molar-refractivity contribution in [1.82, 2.24) is 19.5 Å². The Kier molecular flexibility index (Phi) is 2.79. The molecular formula is C15H21N5. The number of rotatable bonds is 1. The lowest BCUT2D eigenvalue weighted by atomic mass is 9.91. The van der Waals surface area contributed by atoms with Gasteiger partial charge in [0.25, 0.3) is 0 Å². The Morgan fingerprint density at radius 2 is 2.20 bits per heavy atom. The van der Waals surface area contributed by atoms with Crippen LogP contribution in [0, 0.1) is 6.92 Å². The van der Waals surface area contributed by atoms with E-state index in [1.54, 1.807) is 0 Å². The molecule has 5 heteroatoms. The van der Waals surface area contributed by atoms with Gasteiger partial charge in [-0.3, -0.25) is 4.90 Å². The molecule has 3 heterocycles. The maximum Gasteiger partial charge on any atom is 0.155 e. The van der Waals surface area contributed by atoms with Gasteiger partial charge in [-0.25, -0.2) is 9.50 Å². The first-order valence-corrected chi connectivity index (χ1v) is 7.53. The van der Waals surface area contributed by atoms with Crippen LogP contribution in [0.25, 0.3) is 5.65 Å². The molecule has 2 aromatic rings. The predicted octanol–water partition coefficient (Wildman–Crippen LogP) is 1.62. The van der Waals surface area contributed by atoms with Gasteiger partial charge in [0, 0.05) is 43.0 Å². The van der Waals surface area contributed by atoms with Crippen LogP contribution in [0.3, 0.4) is 0 Å². The van der Waals surface area contributed by atoms with E-state index in [1.807, 2.05) is 17.5 Å². The summed E-state index contributed by atoms with van der Waals surface area (Å²) in [5, 5.41) is 4.46. The lowest BCUT2D eigenvalue weighted by Gasteiger charge is -2.33. The van der Waals surface area contributed by atoms with Crippen LogP contribution in [0.4, 0.5) is 0 Å². The van der Waals surface area contributed by atoms with E-state index in [2.05, 4.69) is 16.2 Å². The number of aromatic nitrogens is 3. The monoisotopic (exact) mass is 271 g/mol. The first-order chi connectivity index (χ1) is 9.69. The van der Waals surface area contributed by atoms with Crippen molar-refractivity contribution in [2.75, 3.05) is 0 Å². The van der Waals surface area contributed by atoms with Crippen molar-refractivity contribution in [1.29, 1.82) is 0 Å². The number of nitrogens with two attached hydrogens (primary N) is 1. The van der Waals surface area contributed by atoms with Crippen molar-refractivity contribution in [3.63, 3.8) is 0 Å². The Morgan fingerprint density at radius 1 is 1.30 bits per heavy atom. The summed E-state index contributed by atoms with van der Waals surface area (Å²) in [4.78, 5) is 7.31. The summed E-state index contributed by atoms with van der Waals surface area (Å²) in [5.41, 5.74) is 10.6. The van der Waals surface area contributed by atoms with Crippen LogP contribution < -0.4 is 5.73 Å². The third-order valence-corrected chi connectivity index (χ3v) is 4.67. The van der Waals surface area contributed by atoms with Crippen molar-refractivity contribution in [3.05, 3.63) is 29.2 Å². The molecule has 4 rings (SSSR count). The van der Waals surface area contributed by atoms with Crippen LogP contribution in [0.2, 0.25) is 0 Å². The topological polar surface area (TPSA) is 59.5 Å². The molecule has 5 nitrogen and oxygen atoms in total. The number of hydrogen-bond donors (Lipinski definition) is 1. The summed E-state index contributed by atoms with van der Waals surface area (Å²) in [6.07, 6.45) is 6.99. The highest BCUT2D eigenvalue weighted by atomic mass is 15.3. The number of hydrogen-bond acceptors (Lipinski definition) is 4. The highest BCUT2D eigenvalue weighted by Crippen LogP contribution is 2.30. The van der Waals surface area contributed by atoms with Gasteiger partial charge in [0.05, 0.1) is 11.4 Å². The Hall–Kier alpha value is -1.46. The van der Waals surface area contributed by atoms with Crippen molar-refractivity contribution < 1.29 is 0 Å². The van der Waals surface area contributed by atoms with Crippen LogP contribution >= 0.6 is 0 Å². The third-order valence-electron chi connectivity index (χ3n) is 4.67. The molecular weight excluding hydrogens is 250 g/mol. The molecule has 2 atom stereocenters. The number of fused-ring (bicyclic) bond motifs is 2. The molecule has 2 N–H and O–H groups in total. The van der Waals surface area contributed by atoms with Gasteiger partial charge in [-0.05, 0) is 26.2 Å². The van der Waals surface area contributed by atoms with E-state index >= 15 is 0 Å². The molecule has 1 saturated carbocycles. The first kappa shape index (κ1) is 12.3. The van der Waals surface area contributed by atoms with Gasteiger partial charge in [0.2, 0.25) is 0 Å². The SMILES string of the molecule is Cc1cc2nc3c(cn2n1)CN(C1CCCC(N)C1)C3. The van der Waals surface area contributed by atoms with Crippen molar-refractivity contribution >= 4 is 5.65 Å². The molecule has 0 bridgehead atoms. The van der Waals surface area contributed by atoms with Crippen LogP contribution in [0.1, 0.15) is 42.6 Å². The van der Waals surface area contributed by atoms with E-state index in [0.29, 0.717) is 12.1 Å². The Balaban J connectivity index is 1.60. The number of nitrogens with zero attached hydrogens (tertiary/aromatic N) is 4. The molecule has 2 aliphatic rings. The maximum absolute atomic E-state index is 6.12. The van der Waals surface area contributed by atoms with Gasteiger partial charge in [0.15, 0.2) is 5.65 Å². The molecule has 1 fully saturated rings. The van der Waals surface area contributed by atoms with Crippen molar-refractivity contribution in [3.8, 4) is 0 Å². The lowest BCUT2D eigenvalue weighted by Crippen LogP contribution is -2.40. The van der Waals surface area contributed by atoms with Gasteiger partial charge < -0.3 is 5.73 Å². The molecule has 2 unspecified atom stereocenters. The zero-order valence-corrected chi connectivity index (χ0v) is 11.9. The van der Waals surface area contributed by atoms with Crippen molar-refractivity contribution in [2.45, 2.75) is 57.8 Å². The molecule has 1 aliphatic heterocycles. The van der Waals surface area contributed by atoms with E-state index < -0.39 is 0 Å². The van der Waals surface area contributed by atoms with E-state index in [9.17, 15) is 0 Å². The van der Waals surface area contributed by atoms with Gasteiger partial charge in [-0.15, -0.1) is 0 Å². The lowest BCUT2D eigenvalue weighted by molar-refractivity contribution is 0.146. The zero-order valence-electron chi connectivity index (χ0n) is 11.9. The molecule has 0 radical (unpaired) electrons. The van der Waals surface area contributed by atoms with Crippen molar-refractivity contribution in [2.24, 2.45) is 5.73 Å². The minimum Gasteiger partial charge on any atom is -0.328 e. The second-order valence-corrected chi connectivity index (χ2v) is 6.29. The Bertz CT molecular complexity index is 604. The molecule has 106 valence electrons. The fourth-order valence-corrected chi connectivity index (χ4v) is 3.64. The third kappa shape index (κ3) is 2.01. The highest BCUT2D eigenvalue weighted by Gasteiger charge is 2.30. The fraction of sp³-hybridized carbons (Fsp3) is 0.600. The minimum atomic E-state index is 0.380. The van der Waals surface area contributed by atoms with Gasteiger partial charge in [-0.1, -0.05) is 6.42 Å². The summed E-state index contributed by atoms with van der Waals surface area (Å²) in [5.74, 6) is 0. The summed E-state index contributed by atoms with van der Waals surface area (Å²) >= 11 is 0. The number of aryl methyl sites for hydroxylation is 1. The summed E-state index contributed by atoms with van der Waals surface area (Å²) in [7, 11) is 0. The Labute approximate surface area is 118 Å². The molecule has 1 aliphatic carbocycles. The minimum absolute atomic E-state index is 0.380. The smallest absolute Gasteiger partial charge is 0.155 e. The normalized spacial score (nSPS) is 27.1. The van der Waals surface area contributed by atoms with E-state index in [4.69, 9.17) is 10.7 Å². The van der Waals surface area contributed by atoms with Gasteiger partial charge >= 0.3 is 0 Å². The molecule has 0 amide bonds. The van der Waals surface area contributed by atoms with E-state index in [1.165, 1.54) is 30.5 Å². The summed E-state index contributed by atoms with van der Waals surface area (Å²) in [6, 6.07) is 3.05. The first-order valence-electron chi connectivity index (χ1n) is 7.53. The van der Waals surface area contributed by atoms with E-state index in [-0.39, 0.29) is 0 Å². The van der Waals surface area contributed by atoms with Crippen LogP contribution in [-0.4, -0.2) is 31.6 Å². The van der Waals surface area contributed by atoms with Gasteiger partial charge in [-0.2, -0.15) is 5.10 Å². The highest BCUT2D eigenvalue weighted by molar-refractivity contribution is 5.42. The van der Waals surface area contributed by atoms with Crippen LogP contribution in [-0.2, 0) is 13.1 Å². The molecule has 20 heavy (non-hydrogen) atoms. The average molecular weight is 271 g/mol. The van der Waals surface area contributed by atoms with Crippen LogP contribution in [0.15, 0.2) is 12.3 Å². The Morgan fingerprint density at radius 3 is 3.05 bits per heavy atom. The zero-order chi connectivity index (χ0) is 13.7. The molecule has 0 saturated heterocycles. The average Bonchev–Trinajstić information content (AvgIpc) is 2.97.